The van der Waals surface area contributed by atoms with Gasteiger partial charge in [0.2, 0.25) is 0 Å². The summed E-state index contributed by atoms with van der Waals surface area (Å²) in [6.07, 6.45) is 1.00. The van der Waals surface area contributed by atoms with E-state index >= 15 is 0 Å². The highest BCUT2D eigenvalue weighted by Gasteiger charge is 3.19. The van der Waals surface area contributed by atoms with Crippen molar-refractivity contribution in [3.8, 4) is 0 Å². The number of hydrogen-bond acceptors (Lipinski definition) is 8. The van der Waals surface area contributed by atoms with Crippen molar-refractivity contribution in [1.29, 1.82) is 0 Å². The molecule has 0 unspecified atom stereocenters. The van der Waals surface area contributed by atoms with Gasteiger partial charge in [-0.25, -0.2) is 0 Å². The van der Waals surface area contributed by atoms with E-state index in [1.165, 1.54) is 28.4 Å². The molecule has 0 saturated heterocycles. The second-order valence-corrected chi connectivity index (χ2v) is 9.08. The van der Waals surface area contributed by atoms with Gasteiger partial charge in [0.1, 0.15) is 0 Å². The van der Waals surface area contributed by atoms with E-state index in [1.54, 1.807) is 0 Å². The number of hydrogen-bond donors (Lipinski definition) is 0. The van der Waals surface area contributed by atoms with E-state index in [0.29, 0.717) is 0 Å². The highest BCUT2D eigenvalue weighted by Crippen LogP contribution is 3.20. The molecule has 0 radical (unpaired) electrons. The maximum atomic E-state index is 12.2. The molecule has 6 aliphatic rings. The van der Waals surface area contributed by atoms with Crippen molar-refractivity contribution in [2.75, 3.05) is 28.4 Å². The summed E-state index contributed by atoms with van der Waals surface area (Å²) in [4.78, 5) is 48.7. The Morgan fingerprint density at radius 3 is 0.821 bits per heavy atom. The maximum Gasteiger partial charge on any atom is 0.306 e. The Labute approximate surface area is 162 Å². The van der Waals surface area contributed by atoms with Gasteiger partial charge in [-0.05, 0) is 45.3 Å². The molecular formula is C20H24O8. The first-order valence-electron chi connectivity index (χ1n) is 9.57. The third-order valence-electron chi connectivity index (χ3n) is 9.50. The third-order valence-corrected chi connectivity index (χ3v) is 9.50. The van der Waals surface area contributed by atoms with E-state index < -0.39 is 0 Å². The quantitative estimate of drug-likeness (QED) is 0.439. The van der Waals surface area contributed by atoms with Crippen LogP contribution in [0.2, 0.25) is 0 Å². The van der Waals surface area contributed by atoms with Crippen LogP contribution in [0.3, 0.4) is 0 Å². The molecule has 0 N–H and O–H groups in total. The smallest absolute Gasteiger partial charge is 0.306 e. The number of ether oxygens (including phenoxy) is 4. The summed E-state index contributed by atoms with van der Waals surface area (Å²) in [5, 5.41) is 0. The molecule has 0 aromatic carbocycles. The van der Waals surface area contributed by atoms with E-state index in [0.717, 1.165) is 0 Å². The molecule has 0 amide bonds. The molecule has 28 heavy (non-hydrogen) atoms. The van der Waals surface area contributed by atoms with Crippen LogP contribution in [0.15, 0.2) is 0 Å². The van der Waals surface area contributed by atoms with Crippen LogP contribution in [0.1, 0.15) is 25.7 Å². The minimum atomic E-state index is -0.310. The highest BCUT2D eigenvalue weighted by molar-refractivity contribution is 5.85. The molecule has 152 valence electrons. The molecule has 0 spiro atoms. The van der Waals surface area contributed by atoms with Gasteiger partial charge in [0, 0.05) is 0 Å². The van der Waals surface area contributed by atoms with Crippen molar-refractivity contribution in [3.63, 3.8) is 0 Å². The fourth-order valence-electron chi connectivity index (χ4n) is 9.51. The number of methoxy groups -OCH3 is 4. The monoisotopic (exact) mass is 392 g/mol. The van der Waals surface area contributed by atoms with Gasteiger partial charge in [-0.15, -0.1) is 0 Å². The zero-order chi connectivity index (χ0) is 20.3. The molecular weight excluding hydrogens is 368 g/mol. The van der Waals surface area contributed by atoms with Gasteiger partial charge in [0.15, 0.2) is 0 Å². The summed E-state index contributed by atoms with van der Waals surface area (Å²) < 4.78 is 19.7. The summed E-state index contributed by atoms with van der Waals surface area (Å²) in [6.45, 7) is 0. The van der Waals surface area contributed by atoms with Crippen molar-refractivity contribution in [2.45, 2.75) is 25.7 Å². The molecule has 8 nitrogen and oxygen atoms in total. The van der Waals surface area contributed by atoms with Crippen molar-refractivity contribution in [1.82, 2.24) is 0 Å². The van der Waals surface area contributed by atoms with E-state index in [4.69, 9.17) is 18.9 Å². The third kappa shape index (κ3) is 1.25. The van der Waals surface area contributed by atoms with Crippen LogP contribution in [-0.2, 0) is 38.1 Å². The van der Waals surface area contributed by atoms with Crippen molar-refractivity contribution in [3.05, 3.63) is 0 Å². The van der Waals surface area contributed by atoms with Crippen molar-refractivity contribution in [2.24, 2.45) is 45.3 Å². The lowest BCUT2D eigenvalue weighted by atomic mass is 8.83. The highest BCUT2D eigenvalue weighted by atomic mass is 16.5. The van der Waals surface area contributed by atoms with Crippen LogP contribution in [0.5, 0.6) is 0 Å². The molecule has 6 saturated carbocycles. The lowest BCUT2D eigenvalue weighted by Crippen LogP contribution is -3.18. The van der Waals surface area contributed by atoms with Crippen molar-refractivity contribution >= 4 is 23.9 Å². The largest absolute Gasteiger partial charge is 0.469 e. The summed E-state index contributed by atoms with van der Waals surface area (Å²) in [6, 6.07) is 0. The van der Waals surface area contributed by atoms with Crippen LogP contribution in [0.25, 0.3) is 0 Å². The predicted octanol–water partition coefficient (Wildman–Crippen LogP) is 0.717. The van der Waals surface area contributed by atoms with E-state index in [9.17, 15) is 19.2 Å². The Morgan fingerprint density at radius 2 is 0.679 bits per heavy atom. The Kier molecular flexibility index (Phi) is 3.13. The molecule has 6 rings (SSSR count). The number of esters is 4. The van der Waals surface area contributed by atoms with Crippen LogP contribution in [0.4, 0.5) is 0 Å². The van der Waals surface area contributed by atoms with Gasteiger partial charge < -0.3 is 18.9 Å². The lowest BCUT2D eigenvalue weighted by molar-refractivity contribution is -0.737. The molecule has 6 aliphatic carbocycles. The second kappa shape index (κ2) is 4.89. The van der Waals surface area contributed by atoms with Gasteiger partial charge in [-0.2, -0.15) is 0 Å². The van der Waals surface area contributed by atoms with Gasteiger partial charge in [-0.3, -0.25) is 19.2 Å². The molecule has 0 atom stereocenters. The Morgan fingerprint density at radius 1 is 0.500 bits per heavy atom. The molecule has 0 heterocycles. The molecule has 8 heteroatoms. The van der Waals surface area contributed by atoms with Gasteiger partial charge in [0.25, 0.3) is 0 Å². The zero-order valence-electron chi connectivity index (χ0n) is 16.4. The number of carbonyl (C=O) groups is 4. The fourth-order valence-corrected chi connectivity index (χ4v) is 9.51. The minimum Gasteiger partial charge on any atom is -0.469 e. The number of rotatable bonds is 8. The average molecular weight is 392 g/mol. The predicted molar refractivity (Wildman–Crippen MR) is 90.2 cm³/mol. The van der Waals surface area contributed by atoms with Crippen molar-refractivity contribution < 1.29 is 38.1 Å². The topological polar surface area (TPSA) is 105 Å². The van der Waals surface area contributed by atoms with Crippen LogP contribution >= 0.6 is 0 Å². The van der Waals surface area contributed by atoms with Gasteiger partial charge in [0.05, 0.1) is 54.1 Å². The Balaban J connectivity index is 1.52. The van der Waals surface area contributed by atoms with E-state index in [-0.39, 0.29) is 94.9 Å². The Hall–Kier alpha value is -2.12. The van der Waals surface area contributed by atoms with Gasteiger partial charge in [-0.1, -0.05) is 0 Å². The lowest BCUT2D eigenvalue weighted by Gasteiger charge is -3.19. The number of carbonyl (C=O) groups excluding carboxylic acids is 4. The molecule has 6 fully saturated rings. The normalized spacial score (nSPS) is 49.0. The first-order chi connectivity index (χ1) is 13.3. The SMILES string of the molecule is COC(=O)CC12C3C4C1(CC(=O)OC)C1C2C3(CC(=O)OC)C41CC(=O)OC. The summed E-state index contributed by atoms with van der Waals surface area (Å²) in [7, 11) is 5.44. The maximum absolute atomic E-state index is 12.2. The van der Waals surface area contributed by atoms with E-state index in [2.05, 4.69) is 0 Å². The summed E-state index contributed by atoms with van der Waals surface area (Å²) in [5.41, 5.74) is -1.24. The molecule has 0 aromatic heterocycles. The van der Waals surface area contributed by atoms with Gasteiger partial charge >= 0.3 is 23.9 Å². The van der Waals surface area contributed by atoms with Crippen LogP contribution in [-0.4, -0.2) is 52.3 Å². The fraction of sp³-hybridized carbons (Fsp3) is 0.800. The molecule has 0 aromatic rings. The van der Waals surface area contributed by atoms with Crippen LogP contribution < -0.4 is 0 Å². The Bertz CT molecular complexity index is 676. The average Bonchev–Trinajstić information content (AvgIpc) is 2.70. The zero-order valence-corrected chi connectivity index (χ0v) is 16.4. The minimum absolute atomic E-state index is 0.141. The molecule has 0 aliphatic heterocycles. The van der Waals surface area contributed by atoms with E-state index in [1.807, 2.05) is 0 Å². The summed E-state index contributed by atoms with van der Waals surface area (Å²) >= 11 is 0. The molecule has 0 bridgehead atoms. The second-order valence-electron chi connectivity index (χ2n) is 9.08. The summed E-state index contributed by atoms with van der Waals surface area (Å²) in [5.74, 6) is -0.620. The first kappa shape index (κ1) is 17.9. The standard InChI is InChI=1S/C20H24O8/c1-25-9(21)5-17-13-15-18(17,6-10(22)26-2)16-14(17)19(13,7-11(23)27-3)20(15,16)8-12(24)28-4/h13-16H,5-8H2,1-4H3. The van der Waals surface area contributed by atoms with Crippen LogP contribution in [0, 0.1) is 45.3 Å². The first-order valence-corrected chi connectivity index (χ1v) is 9.57.